The molecule has 2 nitrogen and oxygen atoms in total. The van der Waals surface area contributed by atoms with Gasteiger partial charge >= 0.3 is 0 Å². The molecule has 2 aromatic rings. The first-order valence-electron chi connectivity index (χ1n) is 5.47. The maximum absolute atomic E-state index is 13.5. The molecular weight excluding hydrogens is 238 g/mol. The highest BCUT2D eigenvalue weighted by Crippen LogP contribution is 2.24. The second-order valence-electron chi connectivity index (χ2n) is 3.77. The van der Waals surface area contributed by atoms with Gasteiger partial charge in [0.1, 0.15) is 12.4 Å². The average Bonchev–Trinajstić information content (AvgIpc) is 2.39. The Balaban J connectivity index is 2.18. The normalized spacial score (nSPS) is 10.4. The topological polar surface area (TPSA) is 29.5 Å². The highest BCUT2D eigenvalue weighted by molar-refractivity contribution is 5.34. The van der Waals surface area contributed by atoms with Crippen LogP contribution < -0.4 is 4.74 Å². The first-order chi connectivity index (χ1) is 8.72. The van der Waals surface area contributed by atoms with Crippen LogP contribution in [-0.2, 0) is 13.2 Å². The Hall–Kier alpha value is -1.94. The minimum Gasteiger partial charge on any atom is -0.485 e. The summed E-state index contributed by atoms with van der Waals surface area (Å²) in [4.78, 5) is 0. The van der Waals surface area contributed by atoms with Gasteiger partial charge in [-0.2, -0.15) is 0 Å². The molecule has 0 amide bonds. The predicted molar refractivity (Wildman–Crippen MR) is 63.1 cm³/mol. The third-order valence-corrected chi connectivity index (χ3v) is 2.55. The number of ether oxygens (including phenoxy) is 1. The van der Waals surface area contributed by atoms with Gasteiger partial charge in [-0.05, 0) is 12.1 Å². The second kappa shape index (κ2) is 5.60. The van der Waals surface area contributed by atoms with Crippen molar-refractivity contribution in [3.05, 3.63) is 65.2 Å². The van der Waals surface area contributed by atoms with E-state index in [1.54, 1.807) is 24.3 Å². The molecule has 0 atom stereocenters. The van der Waals surface area contributed by atoms with Crippen molar-refractivity contribution in [2.45, 2.75) is 13.2 Å². The third kappa shape index (κ3) is 2.65. The molecule has 0 aliphatic heterocycles. The highest BCUT2D eigenvalue weighted by Gasteiger charge is 2.10. The zero-order chi connectivity index (χ0) is 13.0. The molecule has 0 aromatic heterocycles. The van der Waals surface area contributed by atoms with Crippen molar-refractivity contribution in [3.8, 4) is 5.75 Å². The van der Waals surface area contributed by atoms with Crippen LogP contribution in [-0.4, -0.2) is 5.11 Å². The molecule has 2 aromatic carbocycles. The van der Waals surface area contributed by atoms with Crippen LogP contribution in [0.25, 0.3) is 0 Å². The van der Waals surface area contributed by atoms with Gasteiger partial charge in [-0.1, -0.05) is 30.3 Å². The Labute approximate surface area is 103 Å². The van der Waals surface area contributed by atoms with E-state index in [-0.39, 0.29) is 19.0 Å². The highest BCUT2D eigenvalue weighted by atomic mass is 19.1. The number of para-hydroxylation sites is 1. The summed E-state index contributed by atoms with van der Waals surface area (Å²) in [7, 11) is 0. The molecule has 0 bridgehead atoms. The van der Waals surface area contributed by atoms with Crippen molar-refractivity contribution in [2.24, 2.45) is 0 Å². The summed E-state index contributed by atoms with van der Waals surface area (Å²) < 4.78 is 32.1. The van der Waals surface area contributed by atoms with Gasteiger partial charge in [0, 0.05) is 11.1 Å². The van der Waals surface area contributed by atoms with Crippen LogP contribution in [0.3, 0.4) is 0 Å². The van der Waals surface area contributed by atoms with Gasteiger partial charge in [0.15, 0.2) is 11.6 Å². The van der Waals surface area contributed by atoms with E-state index in [0.29, 0.717) is 11.1 Å². The number of benzene rings is 2. The summed E-state index contributed by atoms with van der Waals surface area (Å²) >= 11 is 0. The molecule has 1 N–H and O–H groups in total. The fourth-order valence-corrected chi connectivity index (χ4v) is 1.61. The van der Waals surface area contributed by atoms with E-state index >= 15 is 0 Å². The predicted octanol–water partition coefficient (Wildman–Crippen LogP) is 3.04. The Morgan fingerprint density at radius 2 is 1.56 bits per heavy atom. The molecule has 94 valence electrons. The first kappa shape index (κ1) is 12.5. The Kier molecular flexibility index (Phi) is 3.89. The van der Waals surface area contributed by atoms with Crippen LogP contribution in [0.5, 0.6) is 5.75 Å². The molecule has 4 heteroatoms. The van der Waals surface area contributed by atoms with Crippen molar-refractivity contribution >= 4 is 0 Å². The van der Waals surface area contributed by atoms with Crippen LogP contribution in [0, 0.1) is 11.6 Å². The van der Waals surface area contributed by atoms with Crippen LogP contribution in [0.1, 0.15) is 11.1 Å². The van der Waals surface area contributed by atoms with Crippen molar-refractivity contribution < 1.29 is 18.6 Å². The average molecular weight is 250 g/mol. The second-order valence-corrected chi connectivity index (χ2v) is 3.77. The van der Waals surface area contributed by atoms with Crippen molar-refractivity contribution in [1.29, 1.82) is 0 Å². The number of hydrogen-bond acceptors (Lipinski definition) is 2. The third-order valence-electron chi connectivity index (χ3n) is 2.55. The Morgan fingerprint density at radius 1 is 0.889 bits per heavy atom. The van der Waals surface area contributed by atoms with Crippen LogP contribution >= 0.6 is 0 Å². The van der Waals surface area contributed by atoms with E-state index in [0.717, 1.165) is 0 Å². The van der Waals surface area contributed by atoms with Gasteiger partial charge < -0.3 is 9.84 Å². The van der Waals surface area contributed by atoms with E-state index < -0.39 is 11.6 Å². The van der Waals surface area contributed by atoms with E-state index in [4.69, 9.17) is 9.84 Å². The van der Waals surface area contributed by atoms with Gasteiger partial charge in [-0.25, -0.2) is 8.78 Å². The number of aliphatic hydroxyl groups excluding tert-OH is 1. The summed E-state index contributed by atoms with van der Waals surface area (Å²) in [5.74, 6) is -1.01. The molecule has 0 heterocycles. The molecule has 0 radical (unpaired) electrons. The molecule has 2 rings (SSSR count). The Bertz CT molecular complexity index is 541. The fourth-order valence-electron chi connectivity index (χ4n) is 1.61. The molecule has 0 spiro atoms. The van der Waals surface area contributed by atoms with Crippen molar-refractivity contribution in [3.63, 3.8) is 0 Å². The summed E-state index contributed by atoms with van der Waals surface area (Å²) in [5.41, 5.74) is 0.677. The SMILES string of the molecule is OCc1cccc(F)c1OCc1ccccc1F. The molecule has 0 unspecified atom stereocenters. The summed E-state index contributed by atoms with van der Waals surface area (Å²) in [6.45, 7) is -0.412. The van der Waals surface area contributed by atoms with Gasteiger partial charge in [-0.15, -0.1) is 0 Å². The zero-order valence-electron chi connectivity index (χ0n) is 9.57. The molecule has 18 heavy (non-hydrogen) atoms. The largest absolute Gasteiger partial charge is 0.485 e. The summed E-state index contributed by atoms with van der Waals surface area (Å²) in [5, 5.41) is 9.07. The smallest absolute Gasteiger partial charge is 0.165 e. The number of hydrogen-bond donors (Lipinski definition) is 1. The van der Waals surface area contributed by atoms with Crippen molar-refractivity contribution in [2.75, 3.05) is 0 Å². The van der Waals surface area contributed by atoms with E-state index in [1.165, 1.54) is 18.2 Å². The van der Waals surface area contributed by atoms with E-state index in [9.17, 15) is 8.78 Å². The molecule has 0 saturated heterocycles. The lowest BCUT2D eigenvalue weighted by molar-refractivity contribution is 0.249. The first-order valence-corrected chi connectivity index (χ1v) is 5.47. The van der Waals surface area contributed by atoms with E-state index in [1.807, 2.05) is 0 Å². The van der Waals surface area contributed by atoms with Crippen LogP contribution in [0.2, 0.25) is 0 Å². The number of halogens is 2. The summed E-state index contributed by atoms with van der Waals surface area (Å²) in [6, 6.07) is 10.4. The molecule has 0 fully saturated rings. The molecule has 0 aliphatic rings. The maximum atomic E-state index is 13.5. The van der Waals surface area contributed by atoms with Gasteiger partial charge in [0.05, 0.1) is 6.61 Å². The van der Waals surface area contributed by atoms with E-state index in [2.05, 4.69) is 0 Å². The van der Waals surface area contributed by atoms with Gasteiger partial charge in [0.25, 0.3) is 0 Å². The van der Waals surface area contributed by atoms with Crippen LogP contribution in [0.15, 0.2) is 42.5 Å². The van der Waals surface area contributed by atoms with Crippen LogP contribution in [0.4, 0.5) is 8.78 Å². The van der Waals surface area contributed by atoms with Crippen molar-refractivity contribution in [1.82, 2.24) is 0 Å². The lowest BCUT2D eigenvalue weighted by atomic mass is 10.2. The number of aliphatic hydroxyl groups is 1. The quantitative estimate of drug-likeness (QED) is 0.903. The molecule has 0 saturated carbocycles. The molecular formula is C14H12F2O2. The maximum Gasteiger partial charge on any atom is 0.165 e. The van der Waals surface area contributed by atoms with Gasteiger partial charge in [-0.3, -0.25) is 0 Å². The lowest BCUT2D eigenvalue weighted by Crippen LogP contribution is -2.02. The Morgan fingerprint density at radius 3 is 2.28 bits per heavy atom. The minimum atomic E-state index is -0.571. The monoisotopic (exact) mass is 250 g/mol. The minimum absolute atomic E-state index is 0.0387. The zero-order valence-corrected chi connectivity index (χ0v) is 9.57. The summed E-state index contributed by atoms with van der Waals surface area (Å²) in [6.07, 6.45) is 0. The fraction of sp³-hybridized carbons (Fsp3) is 0.143. The van der Waals surface area contributed by atoms with Gasteiger partial charge in [0.2, 0.25) is 0 Å². The standard InChI is InChI=1S/C14H12F2O2/c15-12-6-2-1-4-11(12)9-18-14-10(8-17)5-3-7-13(14)16/h1-7,17H,8-9H2. The lowest BCUT2D eigenvalue weighted by Gasteiger charge is -2.11. The molecule has 0 aliphatic carbocycles. The number of rotatable bonds is 4.